The lowest BCUT2D eigenvalue weighted by molar-refractivity contribution is 0.0947. The molecular formula is C15H21Cl2NO3. The monoisotopic (exact) mass is 333 g/mol. The number of unbranched alkanes of at least 4 members (excludes halogenated alkanes) is 4. The van der Waals surface area contributed by atoms with E-state index in [-0.39, 0.29) is 15.6 Å². The van der Waals surface area contributed by atoms with Crippen LogP contribution in [-0.4, -0.2) is 22.7 Å². The third kappa shape index (κ3) is 4.42. The fourth-order valence-electron chi connectivity index (χ4n) is 2.02. The predicted octanol–water partition coefficient (Wildman–Crippen LogP) is 4.41. The number of phenolic OH excluding ortho intramolecular Hbond substituents is 2. The van der Waals surface area contributed by atoms with Crippen LogP contribution in [0.15, 0.2) is 0 Å². The minimum atomic E-state index is -0.579. The number of phenols is 2. The summed E-state index contributed by atoms with van der Waals surface area (Å²) >= 11 is 11.8. The molecule has 0 heterocycles. The average molecular weight is 334 g/mol. The molecule has 0 radical (unpaired) electrons. The molecule has 0 atom stereocenters. The smallest absolute Gasteiger partial charge is 0.258 e. The zero-order valence-electron chi connectivity index (χ0n) is 12.3. The van der Waals surface area contributed by atoms with Crippen molar-refractivity contribution in [1.29, 1.82) is 0 Å². The number of hydrogen-bond donors (Lipinski definition) is 3. The van der Waals surface area contributed by atoms with E-state index in [2.05, 4.69) is 12.2 Å². The molecule has 3 N–H and O–H groups in total. The van der Waals surface area contributed by atoms with Crippen molar-refractivity contribution in [3.05, 3.63) is 21.2 Å². The minimum Gasteiger partial charge on any atom is -0.505 e. The van der Waals surface area contributed by atoms with Gasteiger partial charge in [-0.2, -0.15) is 0 Å². The van der Waals surface area contributed by atoms with Gasteiger partial charge in [0, 0.05) is 6.54 Å². The summed E-state index contributed by atoms with van der Waals surface area (Å²) in [5.41, 5.74) is 0.0635. The van der Waals surface area contributed by atoms with E-state index < -0.39 is 17.4 Å². The van der Waals surface area contributed by atoms with Gasteiger partial charge in [0.25, 0.3) is 5.91 Å². The number of halogens is 2. The summed E-state index contributed by atoms with van der Waals surface area (Å²) in [6.07, 6.45) is 5.35. The van der Waals surface area contributed by atoms with Crippen molar-refractivity contribution in [3.63, 3.8) is 0 Å². The number of nitrogens with one attached hydrogen (secondary N) is 1. The van der Waals surface area contributed by atoms with E-state index in [1.807, 2.05) is 0 Å². The van der Waals surface area contributed by atoms with Gasteiger partial charge in [0.2, 0.25) is 0 Å². The molecule has 118 valence electrons. The molecular weight excluding hydrogens is 313 g/mol. The maximum atomic E-state index is 12.0. The number of rotatable bonds is 7. The Kier molecular flexibility index (Phi) is 7.12. The molecule has 0 aliphatic carbocycles. The Balaban J connectivity index is 2.71. The SMILES string of the molecule is CCCCCCCNC(=O)c1c(O)c(Cl)c(C)c(Cl)c1O. The number of carbonyl (C=O) groups is 1. The fraction of sp³-hybridized carbons (Fsp3) is 0.533. The van der Waals surface area contributed by atoms with Crippen LogP contribution in [0, 0.1) is 6.92 Å². The lowest BCUT2D eigenvalue weighted by atomic mass is 10.1. The zero-order chi connectivity index (χ0) is 16.0. The first-order chi connectivity index (χ1) is 9.91. The molecule has 1 amide bonds. The van der Waals surface area contributed by atoms with E-state index >= 15 is 0 Å². The molecule has 0 bridgehead atoms. The van der Waals surface area contributed by atoms with Crippen LogP contribution in [0.2, 0.25) is 10.0 Å². The van der Waals surface area contributed by atoms with Gasteiger partial charge < -0.3 is 15.5 Å². The van der Waals surface area contributed by atoms with Gasteiger partial charge in [-0.05, 0) is 18.9 Å². The number of amides is 1. The standard InChI is InChI=1S/C15H21Cl2NO3/c1-3-4-5-6-7-8-18-15(21)10-13(19)11(16)9(2)12(17)14(10)20/h19-20H,3-8H2,1-2H3,(H,18,21). The van der Waals surface area contributed by atoms with Crippen molar-refractivity contribution in [2.24, 2.45) is 0 Å². The second-order valence-electron chi connectivity index (χ2n) is 5.00. The fourth-order valence-corrected chi connectivity index (χ4v) is 2.44. The van der Waals surface area contributed by atoms with Crippen molar-refractivity contribution in [2.75, 3.05) is 6.54 Å². The molecule has 21 heavy (non-hydrogen) atoms. The van der Waals surface area contributed by atoms with Crippen LogP contribution in [-0.2, 0) is 0 Å². The molecule has 0 spiro atoms. The Bertz CT molecular complexity index is 489. The first-order valence-corrected chi connectivity index (χ1v) is 7.85. The second-order valence-corrected chi connectivity index (χ2v) is 5.75. The van der Waals surface area contributed by atoms with Gasteiger partial charge in [-0.25, -0.2) is 0 Å². The van der Waals surface area contributed by atoms with Crippen LogP contribution in [0.5, 0.6) is 11.5 Å². The van der Waals surface area contributed by atoms with Crippen LogP contribution in [0.3, 0.4) is 0 Å². The lowest BCUT2D eigenvalue weighted by Crippen LogP contribution is -2.24. The highest BCUT2D eigenvalue weighted by Crippen LogP contribution is 2.43. The molecule has 0 fully saturated rings. The normalized spacial score (nSPS) is 10.7. The Labute approximate surface area is 135 Å². The summed E-state index contributed by atoms with van der Waals surface area (Å²) in [5.74, 6) is -1.47. The number of aromatic hydroxyl groups is 2. The van der Waals surface area contributed by atoms with Gasteiger partial charge in [-0.1, -0.05) is 55.8 Å². The van der Waals surface area contributed by atoms with E-state index in [9.17, 15) is 15.0 Å². The Morgan fingerprint density at radius 3 is 2.10 bits per heavy atom. The van der Waals surface area contributed by atoms with Crippen LogP contribution in [0.25, 0.3) is 0 Å². The van der Waals surface area contributed by atoms with Crippen molar-refractivity contribution in [2.45, 2.75) is 46.0 Å². The lowest BCUT2D eigenvalue weighted by Gasteiger charge is -2.13. The number of benzene rings is 1. The molecule has 0 aliphatic rings. The molecule has 1 aromatic carbocycles. The van der Waals surface area contributed by atoms with E-state index in [1.54, 1.807) is 6.92 Å². The summed E-state index contributed by atoms with van der Waals surface area (Å²) in [7, 11) is 0. The summed E-state index contributed by atoms with van der Waals surface area (Å²) in [4.78, 5) is 12.0. The second kappa shape index (κ2) is 8.35. The molecule has 0 unspecified atom stereocenters. The molecule has 6 heteroatoms. The first kappa shape index (κ1) is 17.9. The highest BCUT2D eigenvalue weighted by Gasteiger charge is 2.24. The minimum absolute atomic E-state index is 0.0223. The third-order valence-corrected chi connectivity index (χ3v) is 4.27. The van der Waals surface area contributed by atoms with Gasteiger partial charge in [0.05, 0.1) is 10.0 Å². The van der Waals surface area contributed by atoms with Crippen LogP contribution in [0.4, 0.5) is 0 Å². The largest absolute Gasteiger partial charge is 0.505 e. The van der Waals surface area contributed by atoms with Crippen LogP contribution < -0.4 is 5.32 Å². The number of hydrogen-bond acceptors (Lipinski definition) is 3. The van der Waals surface area contributed by atoms with Crippen molar-refractivity contribution in [3.8, 4) is 11.5 Å². The Morgan fingerprint density at radius 1 is 1.05 bits per heavy atom. The predicted molar refractivity (Wildman–Crippen MR) is 85.6 cm³/mol. The summed E-state index contributed by atoms with van der Waals surface area (Å²) in [5, 5.41) is 22.4. The summed E-state index contributed by atoms with van der Waals surface area (Å²) < 4.78 is 0. The van der Waals surface area contributed by atoms with Crippen molar-refractivity contribution in [1.82, 2.24) is 5.32 Å². The number of carbonyl (C=O) groups excluding carboxylic acids is 1. The Hall–Kier alpha value is -1.13. The Morgan fingerprint density at radius 2 is 1.57 bits per heavy atom. The average Bonchev–Trinajstić information content (AvgIpc) is 2.47. The maximum Gasteiger partial charge on any atom is 0.258 e. The molecule has 1 aromatic rings. The van der Waals surface area contributed by atoms with Crippen molar-refractivity contribution >= 4 is 29.1 Å². The van der Waals surface area contributed by atoms with E-state index in [0.29, 0.717) is 12.1 Å². The summed E-state index contributed by atoms with van der Waals surface area (Å²) in [6.45, 7) is 4.17. The van der Waals surface area contributed by atoms with Gasteiger partial charge >= 0.3 is 0 Å². The van der Waals surface area contributed by atoms with Gasteiger partial charge in [-0.15, -0.1) is 0 Å². The summed E-state index contributed by atoms with van der Waals surface area (Å²) in [6, 6.07) is 0. The van der Waals surface area contributed by atoms with Crippen LogP contribution in [0.1, 0.15) is 54.9 Å². The zero-order valence-corrected chi connectivity index (χ0v) is 13.8. The topological polar surface area (TPSA) is 69.6 Å². The maximum absolute atomic E-state index is 12.0. The first-order valence-electron chi connectivity index (χ1n) is 7.09. The van der Waals surface area contributed by atoms with E-state index in [1.165, 1.54) is 6.42 Å². The molecule has 0 aromatic heterocycles. The van der Waals surface area contributed by atoms with Crippen LogP contribution >= 0.6 is 23.2 Å². The molecule has 0 saturated carbocycles. The molecule has 1 rings (SSSR count). The van der Waals surface area contributed by atoms with Gasteiger partial charge in [-0.3, -0.25) is 4.79 Å². The quantitative estimate of drug-likeness (QED) is 0.647. The molecule has 0 saturated heterocycles. The third-order valence-electron chi connectivity index (χ3n) is 3.34. The van der Waals surface area contributed by atoms with E-state index in [0.717, 1.165) is 25.7 Å². The molecule has 4 nitrogen and oxygen atoms in total. The van der Waals surface area contributed by atoms with Gasteiger partial charge in [0.15, 0.2) is 11.5 Å². The van der Waals surface area contributed by atoms with Gasteiger partial charge in [0.1, 0.15) is 5.56 Å². The van der Waals surface area contributed by atoms with E-state index in [4.69, 9.17) is 23.2 Å². The molecule has 0 aliphatic heterocycles. The van der Waals surface area contributed by atoms with Crippen molar-refractivity contribution < 1.29 is 15.0 Å². The highest BCUT2D eigenvalue weighted by molar-refractivity contribution is 6.38. The highest BCUT2D eigenvalue weighted by atomic mass is 35.5.